The maximum atomic E-state index is 10.8. The molecule has 0 spiro atoms. The Kier molecular flexibility index (Phi) is 6.80. The average Bonchev–Trinajstić information content (AvgIpc) is 3.22. The summed E-state index contributed by atoms with van der Waals surface area (Å²) in [6.45, 7) is 2.45. The lowest BCUT2D eigenvalue weighted by atomic mass is 10.2. The highest BCUT2D eigenvalue weighted by atomic mass is 16.5. The molecule has 7 heteroatoms. The Bertz CT molecular complexity index is 1250. The van der Waals surface area contributed by atoms with Crippen molar-refractivity contribution < 1.29 is 23.8 Å². The molecule has 0 saturated carbocycles. The number of carboxylic acid groups (broad SMARTS) is 1. The quantitative estimate of drug-likeness (QED) is 0.351. The fourth-order valence-corrected chi connectivity index (χ4v) is 3.06. The fourth-order valence-electron chi connectivity index (χ4n) is 3.06. The van der Waals surface area contributed by atoms with Crippen LogP contribution in [-0.2, 0) is 18.0 Å². The van der Waals surface area contributed by atoms with Crippen LogP contribution in [0, 0.1) is 6.92 Å². The molecule has 0 fully saturated rings. The summed E-state index contributed by atoms with van der Waals surface area (Å²) in [5.41, 5.74) is 3.19. The molecule has 0 amide bonds. The van der Waals surface area contributed by atoms with E-state index in [1.807, 2.05) is 61.5 Å². The summed E-state index contributed by atoms with van der Waals surface area (Å²) in [6.07, 6.45) is 4.10. The number of ether oxygens (including phenoxy) is 2. The van der Waals surface area contributed by atoms with Crippen molar-refractivity contribution in [3.05, 3.63) is 102 Å². The molecule has 4 aromatic rings. The normalized spacial score (nSPS) is 10.9. The number of hydrogen-bond acceptors (Lipinski definition) is 6. The summed E-state index contributed by atoms with van der Waals surface area (Å²) in [4.78, 5) is 19.5. The fraction of sp³-hybridized carbons (Fsp3) is 0.115. The second-order valence-electron chi connectivity index (χ2n) is 7.18. The Morgan fingerprint density at radius 2 is 1.79 bits per heavy atom. The van der Waals surface area contributed by atoms with Crippen LogP contribution in [0.1, 0.15) is 22.6 Å². The third kappa shape index (κ3) is 5.86. The Labute approximate surface area is 191 Å². The number of rotatable bonds is 9. The summed E-state index contributed by atoms with van der Waals surface area (Å²) in [5, 5.41) is 8.82. The highest BCUT2D eigenvalue weighted by molar-refractivity contribution is 5.85. The highest BCUT2D eigenvalue weighted by Gasteiger charge is 2.12. The SMILES string of the molecule is Cc1oc(-c2ccccc2)nc1COc1ccc(COc2ncccc2/C=C/C(=O)O)cc1. The highest BCUT2D eigenvalue weighted by Crippen LogP contribution is 2.23. The molecule has 0 bridgehead atoms. The van der Waals surface area contributed by atoms with Gasteiger partial charge in [-0.2, -0.15) is 0 Å². The number of carboxylic acids is 1. The minimum absolute atomic E-state index is 0.286. The monoisotopic (exact) mass is 442 g/mol. The number of aliphatic carboxylic acids is 1. The van der Waals surface area contributed by atoms with Gasteiger partial charge in [-0.3, -0.25) is 0 Å². The maximum Gasteiger partial charge on any atom is 0.328 e. The molecule has 0 aliphatic heterocycles. The Morgan fingerprint density at radius 1 is 1.00 bits per heavy atom. The van der Waals surface area contributed by atoms with E-state index in [1.165, 1.54) is 6.08 Å². The van der Waals surface area contributed by atoms with Gasteiger partial charge in [0.25, 0.3) is 0 Å². The number of nitrogens with zero attached hydrogens (tertiary/aromatic N) is 2. The molecular weight excluding hydrogens is 420 g/mol. The van der Waals surface area contributed by atoms with Crippen LogP contribution in [0.15, 0.2) is 83.4 Å². The molecule has 0 atom stereocenters. The first kappa shape index (κ1) is 21.8. The molecule has 7 nitrogen and oxygen atoms in total. The molecule has 2 aromatic carbocycles. The molecule has 4 rings (SSSR count). The van der Waals surface area contributed by atoms with Gasteiger partial charge in [0.2, 0.25) is 11.8 Å². The molecule has 33 heavy (non-hydrogen) atoms. The molecule has 1 N–H and O–H groups in total. The van der Waals surface area contributed by atoms with Gasteiger partial charge in [0.05, 0.1) is 0 Å². The van der Waals surface area contributed by atoms with Crippen molar-refractivity contribution in [1.29, 1.82) is 0 Å². The largest absolute Gasteiger partial charge is 0.487 e. The van der Waals surface area contributed by atoms with Crippen molar-refractivity contribution in [1.82, 2.24) is 9.97 Å². The van der Waals surface area contributed by atoms with Gasteiger partial charge >= 0.3 is 5.97 Å². The third-order valence-corrected chi connectivity index (χ3v) is 4.79. The molecule has 0 aliphatic rings. The number of aryl methyl sites for hydroxylation is 1. The van der Waals surface area contributed by atoms with E-state index in [-0.39, 0.29) is 6.61 Å². The van der Waals surface area contributed by atoms with Crippen molar-refractivity contribution in [2.24, 2.45) is 0 Å². The van der Waals surface area contributed by atoms with Crippen LogP contribution in [0.3, 0.4) is 0 Å². The van der Waals surface area contributed by atoms with Gasteiger partial charge in [0.1, 0.15) is 30.4 Å². The molecule has 2 heterocycles. The second-order valence-corrected chi connectivity index (χ2v) is 7.18. The summed E-state index contributed by atoms with van der Waals surface area (Å²) in [7, 11) is 0. The molecule has 2 aromatic heterocycles. The third-order valence-electron chi connectivity index (χ3n) is 4.79. The number of pyridine rings is 1. The zero-order chi connectivity index (χ0) is 23.0. The van der Waals surface area contributed by atoms with Gasteiger partial charge in [-0.25, -0.2) is 14.8 Å². The zero-order valence-electron chi connectivity index (χ0n) is 18.0. The Balaban J connectivity index is 1.34. The number of benzene rings is 2. The van der Waals surface area contributed by atoms with E-state index in [2.05, 4.69) is 9.97 Å². The minimum Gasteiger partial charge on any atom is -0.487 e. The van der Waals surface area contributed by atoms with E-state index in [0.717, 1.165) is 28.7 Å². The number of hydrogen-bond donors (Lipinski definition) is 1. The van der Waals surface area contributed by atoms with Crippen molar-refractivity contribution in [2.45, 2.75) is 20.1 Å². The first-order chi connectivity index (χ1) is 16.1. The van der Waals surface area contributed by atoms with E-state index >= 15 is 0 Å². The van der Waals surface area contributed by atoms with Crippen LogP contribution < -0.4 is 9.47 Å². The summed E-state index contributed by atoms with van der Waals surface area (Å²) < 4.78 is 17.4. The average molecular weight is 442 g/mol. The topological polar surface area (TPSA) is 94.7 Å². The summed E-state index contributed by atoms with van der Waals surface area (Å²) >= 11 is 0. The lowest BCUT2D eigenvalue weighted by Crippen LogP contribution is -2.00. The van der Waals surface area contributed by atoms with Crippen LogP contribution in [0.4, 0.5) is 0 Å². The Hall–Kier alpha value is -4.39. The van der Waals surface area contributed by atoms with Crippen LogP contribution in [0.2, 0.25) is 0 Å². The first-order valence-corrected chi connectivity index (χ1v) is 10.3. The van der Waals surface area contributed by atoms with Crippen molar-refractivity contribution in [3.8, 4) is 23.1 Å². The lowest BCUT2D eigenvalue weighted by molar-refractivity contribution is -0.131. The van der Waals surface area contributed by atoms with Gasteiger partial charge < -0.3 is 19.0 Å². The predicted molar refractivity (Wildman–Crippen MR) is 123 cm³/mol. The predicted octanol–water partition coefficient (Wildman–Crippen LogP) is 5.30. The molecule has 0 saturated heterocycles. The molecule has 0 unspecified atom stereocenters. The van der Waals surface area contributed by atoms with E-state index in [4.69, 9.17) is 19.0 Å². The van der Waals surface area contributed by atoms with Gasteiger partial charge in [0, 0.05) is 23.4 Å². The van der Waals surface area contributed by atoms with E-state index in [9.17, 15) is 4.79 Å². The van der Waals surface area contributed by atoms with E-state index in [1.54, 1.807) is 18.3 Å². The molecular formula is C26H22N2O5. The number of carbonyl (C=O) groups is 1. The molecule has 166 valence electrons. The first-order valence-electron chi connectivity index (χ1n) is 10.3. The van der Waals surface area contributed by atoms with E-state index < -0.39 is 5.97 Å². The standard InChI is InChI=1S/C26H22N2O5/c1-18-23(28-26(33-18)20-6-3-2-4-7-20)17-31-22-12-9-19(10-13-22)16-32-25-21(8-5-15-27-25)11-14-24(29)30/h2-15H,16-17H2,1H3,(H,29,30)/b14-11+. The van der Waals surface area contributed by atoms with Crippen molar-refractivity contribution >= 4 is 12.0 Å². The van der Waals surface area contributed by atoms with Gasteiger partial charge in [-0.1, -0.05) is 30.3 Å². The van der Waals surface area contributed by atoms with Crippen LogP contribution >= 0.6 is 0 Å². The number of oxazole rings is 1. The van der Waals surface area contributed by atoms with Crippen LogP contribution in [0.5, 0.6) is 11.6 Å². The zero-order valence-corrected chi connectivity index (χ0v) is 18.0. The van der Waals surface area contributed by atoms with Crippen molar-refractivity contribution in [2.75, 3.05) is 0 Å². The molecule has 0 aliphatic carbocycles. The van der Waals surface area contributed by atoms with Crippen LogP contribution in [-0.4, -0.2) is 21.0 Å². The van der Waals surface area contributed by atoms with E-state index in [0.29, 0.717) is 29.7 Å². The van der Waals surface area contributed by atoms with Crippen LogP contribution in [0.25, 0.3) is 17.5 Å². The summed E-state index contributed by atoms with van der Waals surface area (Å²) in [6, 6.07) is 20.7. The minimum atomic E-state index is -1.03. The smallest absolute Gasteiger partial charge is 0.328 e. The van der Waals surface area contributed by atoms with Gasteiger partial charge in [0.15, 0.2) is 0 Å². The lowest BCUT2D eigenvalue weighted by Gasteiger charge is -2.09. The summed E-state index contributed by atoms with van der Waals surface area (Å²) in [5.74, 6) is 1.34. The van der Waals surface area contributed by atoms with Gasteiger partial charge in [-0.05, 0) is 55.0 Å². The second kappa shape index (κ2) is 10.3. The van der Waals surface area contributed by atoms with Gasteiger partial charge in [-0.15, -0.1) is 0 Å². The maximum absolute atomic E-state index is 10.8. The number of aromatic nitrogens is 2. The Morgan fingerprint density at radius 3 is 2.55 bits per heavy atom. The molecule has 0 radical (unpaired) electrons. The van der Waals surface area contributed by atoms with Crippen molar-refractivity contribution in [3.63, 3.8) is 0 Å².